The summed E-state index contributed by atoms with van der Waals surface area (Å²) in [5.41, 5.74) is 1.40. The number of Topliss-reactive ketones (excluding diaryl/α,β-unsaturated/α-hetero) is 1. The summed E-state index contributed by atoms with van der Waals surface area (Å²) in [6.07, 6.45) is 0.293. The Balaban J connectivity index is 1.98. The predicted octanol–water partition coefficient (Wildman–Crippen LogP) is 3.00. The van der Waals surface area contributed by atoms with Gasteiger partial charge in [-0.1, -0.05) is 19.9 Å². The van der Waals surface area contributed by atoms with E-state index >= 15 is 0 Å². The van der Waals surface area contributed by atoms with Crippen LogP contribution in [0.25, 0.3) is 0 Å². The van der Waals surface area contributed by atoms with Gasteiger partial charge in [-0.25, -0.2) is 0 Å². The Kier molecular flexibility index (Phi) is 5.13. The number of thiophene rings is 1. The summed E-state index contributed by atoms with van der Waals surface area (Å²) in [7, 11) is 1.75. The fraction of sp³-hybridized carbons (Fsp3) is 0.438. The molecule has 0 spiro atoms. The van der Waals surface area contributed by atoms with E-state index in [1.807, 2.05) is 32.2 Å². The van der Waals surface area contributed by atoms with E-state index in [1.165, 1.54) is 11.3 Å². The molecule has 0 bridgehead atoms. The molecule has 1 amide bonds. The Morgan fingerprint density at radius 2 is 2.09 bits per heavy atom. The molecule has 0 unspecified atom stereocenters. The van der Waals surface area contributed by atoms with E-state index in [1.54, 1.807) is 23.9 Å². The molecule has 0 fully saturated rings. The number of carbonyl (C=O) groups is 2. The Bertz CT molecular complexity index is 659. The van der Waals surface area contributed by atoms with E-state index in [2.05, 4.69) is 10.4 Å². The zero-order valence-corrected chi connectivity index (χ0v) is 14.1. The molecule has 1 N–H and O–H groups in total. The molecule has 2 aromatic heterocycles. The molecule has 6 heteroatoms. The Morgan fingerprint density at radius 3 is 2.64 bits per heavy atom. The van der Waals surface area contributed by atoms with Crippen molar-refractivity contribution in [3.05, 3.63) is 39.8 Å². The quantitative estimate of drug-likeness (QED) is 0.833. The minimum Gasteiger partial charge on any atom is -0.348 e. The summed E-state index contributed by atoms with van der Waals surface area (Å²) in [6.45, 7) is 5.90. The van der Waals surface area contributed by atoms with E-state index < -0.39 is 0 Å². The Labute approximate surface area is 134 Å². The van der Waals surface area contributed by atoms with E-state index in [4.69, 9.17) is 0 Å². The zero-order valence-electron chi connectivity index (χ0n) is 13.3. The molecule has 0 saturated heterocycles. The summed E-state index contributed by atoms with van der Waals surface area (Å²) in [4.78, 5) is 25.1. The predicted molar refractivity (Wildman–Crippen MR) is 87.5 cm³/mol. The lowest BCUT2D eigenvalue weighted by atomic mass is 10.1. The fourth-order valence-corrected chi connectivity index (χ4v) is 2.82. The van der Waals surface area contributed by atoms with Crippen LogP contribution in [0, 0.1) is 0 Å². The van der Waals surface area contributed by atoms with Crippen molar-refractivity contribution in [1.82, 2.24) is 15.1 Å². The molecular formula is C16H21N3O2S. The van der Waals surface area contributed by atoms with Crippen LogP contribution in [-0.2, 0) is 7.05 Å². The van der Waals surface area contributed by atoms with E-state index in [9.17, 15) is 9.59 Å². The van der Waals surface area contributed by atoms with Crippen molar-refractivity contribution in [1.29, 1.82) is 0 Å². The minimum absolute atomic E-state index is 0.0516. The van der Waals surface area contributed by atoms with Gasteiger partial charge in [0.25, 0.3) is 5.91 Å². The third kappa shape index (κ3) is 3.82. The first-order valence-electron chi connectivity index (χ1n) is 7.30. The van der Waals surface area contributed by atoms with Crippen LogP contribution in [0.1, 0.15) is 59.0 Å². The van der Waals surface area contributed by atoms with Crippen molar-refractivity contribution in [2.24, 2.45) is 7.05 Å². The maximum Gasteiger partial charge on any atom is 0.269 e. The number of aromatic nitrogens is 2. The first-order valence-corrected chi connectivity index (χ1v) is 8.18. The number of hydrogen-bond donors (Lipinski definition) is 1. The highest BCUT2D eigenvalue weighted by molar-refractivity contribution is 7.12. The smallest absolute Gasteiger partial charge is 0.269 e. The molecule has 118 valence electrons. The third-order valence-electron chi connectivity index (χ3n) is 3.39. The second-order valence-corrected chi connectivity index (χ2v) is 6.66. The summed E-state index contributed by atoms with van der Waals surface area (Å²) >= 11 is 1.42. The lowest BCUT2D eigenvalue weighted by Crippen LogP contribution is -2.35. The van der Waals surface area contributed by atoms with Gasteiger partial charge in [-0.15, -0.1) is 11.3 Å². The first kappa shape index (κ1) is 16.4. The van der Waals surface area contributed by atoms with Gasteiger partial charge >= 0.3 is 0 Å². The molecule has 1 atom stereocenters. The standard InChI is InChI=1S/C16H21N3O2S/c1-10(2)12-9-13(19(4)18-12)16(21)17-11(3)8-14(20)15-6-5-7-22-15/h5-7,9-11H,8H2,1-4H3,(H,17,21)/t11-/m1/s1. The lowest BCUT2D eigenvalue weighted by Gasteiger charge is -2.12. The summed E-state index contributed by atoms with van der Waals surface area (Å²) < 4.78 is 1.58. The maximum absolute atomic E-state index is 12.3. The topological polar surface area (TPSA) is 64.0 Å². The van der Waals surface area contributed by atoms with Gasteiger partial charge in [-0.2, -0.15) is 5.10 Å². The van der Waals surface area contributed by atoms with Crippen LogP contribution in [0.2, 0.25) is 0 Å². The van der Waals surface area contributed by atoms with Crippen LogP contribution < -0.4 is 5.32 Å². The van der Waals surface area contributed by atoms with Crippen LogP contribution in [0.4, 0.5) is 0 Å². The maximum atomic E-state index is 12.3. The van der Waals surface area contributed by atoms with Gasteiger partial charge in [0.05, 0.1) is 10.6 Å². The fourth-order valence-electron chi connectivity index (χ4n) is 2.15. The van der Waals surface area contributed by atoms with Crippen LogP contribution in [-0.4, -0.2) is 27.5 Å². The summed E-state index contributed by atoms with van der Waals surface area (Å²) in [6, 6.07) is 5.23. The SMILES string of the molecule is CC(C)c1cc(C(=O)N[C@H](C)CC(=O)c2cccs2)n(C)n1. The molecule has 0 aliphatic rings. The summed E-state index contributed by atoms with van der Waals surface area (Å²) in [5, 5.41) is 9.07. The number of amides is 1. The molecular weight excluding hydrogens is 298 g/mol. The number of nitrogens with zero attached hydrogens (tertiary/aromatic N) is 2. The molecule has 0 aliphatic carbocycles. The second kappa shape index (κ2) is 6.87. The van der Waals surface area contributed by atoms with E-state index in [0.717, 1.165) is 10.6 Å². The highest BCUT2D eigenvalue weighted by atomic mass is 32.1. The van der Waals surface area contributed by atoms with Gasteiger partial charge in [0.1, 0.15) is 5.69 Å². The van der Waals surface area contributed by atoms with Crippen LogP contribution in [0.5, 0.6) is 0 Å². The van der Waals surface area contributed by atoms with E-state index in [-0.39, 0.29) is 23.7 Å². The average Bonchev–Trinajstić information content (AvgIpc) is 3.07. The molecule has 22 heavy (non-hydrogen) atoms. The number of carbonyl (C=O) groups excluding carboxylic acids is 2. The minimum atomic E-state index is -0.223. The Morgan fingerprint density at radius 1 is 1.36 bits per heavy atom. The van der Waals surface area contributed by atoms with Crippen molar-refractivity contribution in [2.45, 2.75) is 39.2 Å². The number of rotatable bonds is 6. The number of hydrogen-bond acceptors (Lipinski definition) is 4. The Hall–Kier alpha value is -1.95. The highest BCUT2D eigenvalue weighted by Gasteiger charge is 2.18. The van der Waals surface area contributed by atoms with Gasteiger partial charge in [0.15, 0.2) is 5.78 Å². The zero-order chi connectivity index (χ0) is 16.3. The van der Waals surface area contributed by atoms with Crippen molar-refractivity contribution in [3.63, 3.8) is 0 Å². The van der Waals surface area contributed by atoms with Crippen LogP contribution in [0.15, 0.2) is 23.6 Å². The van der Waals surface area contributed by atoms with Gasteiger partial charge in [0, 0.05) is 19.5 Å². The van der Waals surface area contributed by atoms with Gasteiger partial charge in [-0.05, 0) is 30.4 Å². The van der Waals surface area contributed by atoms with Crippen molar-refractivity contribution >= 4 is 23.0 Å². The molecule has 0 aliphatic heterocycles. The molecule has 0 saturated carbocycles. The van der Waals surface area contributed by atoms with Crippen molar-refractivity contribution in [3.8, 4) is 0 Å². The lowest BCUT2D eigenvalue weighted by molar-refractivity contribution is 0.0912. The van der Waals surface area contributed by atoms with Gasteiger partial charge in [0.2, 0.25) is 0 Å². The van der Waals surface area contributed by atoms with Crippen LogP contribution >= 0.6 is 11.3 Å². The first-order chi connectivity index (χ1) is 10.4. The summed E-state index contributed by atoms with van der Waals surface area (Å²) in [5.74, 6) is 0.120. The van der Waals surface area contributed by atoms with Crippen molar-refractivity contribution < 1.29 is 9.59 Å². The third-order valence-corrected chi connectivity index (χ3v) is 4.30. The second-order valence-electron chi connectivity index (χ2n) is 5.71. The van der Waals surface area contributed by atoms with Crippen LogP contribution in [0.3, 0.4) is 0 Å². The molecule has 0 aromatic carbocycles. The van der Waals surface area contributed by atoms with E-state index in [0.29, 0.717) is 12.1 Å². The molecule has 2 heterocycles. The normalized spacial score (nSPS) is 12.4. The molecule has 2 aromatic rings. The molecule has 2 rings (SSSR count). The largest absolute Gasteiger partial charge is 0.348 e. The van der Waals surface area contributed by atoms with Gasteiger partial charge < -0.3 is 5.32 Å². The molecule has 5 nitrogen and oxygen atoms in total. The average molecular weight is 319 g/mol. The van der Waals surface area contributed by atoms with Gasteiger partial charge in [-0.3, -0.25) is 14.3 Å². The van der Waals surface area contributed by atoms with Crippen molar-refractivity contribution in [2.75, 3.05) is 0 Å². The monoisotopic (exact) mass is 319 g/mol. The molecule has 0 radical (unpaired) electrons. The highest BCUT2D eigenvalue weighted by Crippen LogP contribution is 2.15. The number of nitrogens with one attached hydrogen (secondary N) is 1. The number of aryl methyl sites for hydroxylation is 1. The number of ketones is 1.